The highest BCUT2D eigenvalue weighted by Crippen LogP contribution is 2.39. The monoisotopic (exact) mass is 436 g/mol. The van der Waals surface area contributed by atoms with Gasteiger partial charge in [-0.05, 0) is 35.9 Å². The number of rotatable bonds is 5. The van der Waals surface area contributed by atoms with Crippen molar-refractivity contribution < 1.29 is 19.1 Å². The van der Waals surface area contributed by atoms with Crippen LogP contribution in [0.5, 0.6) is 5.88 Å². The van der Waals surface area contributed by atoms with E-state index in [1.807, 2.05) is 24.3 Å². The number of nitrogens with one attached hydrogen (secondary N) is 1. The van der Waals surface area contributed by atoms with Crippen molar-refractivity contribution in [3.05, 3.63) is 83.3 Å². The standard InChI is InChI=1S/C22H17ClN4O4/c23-15-9-7-14(8-10-15)13-27-18-6-2-1-5-17(18)19(22(27)30)25-26-21(29)20(28)24-12-16-4-3-11-31-16/h1-11,30H,12-13H2,(H,24,28). The van der Waals surface area contributed by atoms with Crippen molar-refractivity contribution in [3.8, 4) is 5.88 Å². The third kappa shape index (κ3) is 4.49. The first-order chi connectivity index (χ1) is 15.0. The second-order valence-corrected chi connectivity index (χ2v) is 7.11. The molecule has 0 bridgehead atoms. The van der Waals surface area contributed by atoms with Crippen LogP contribution >= 0.6 is 11.6 Å². The van der Waals surface area contributed by atoms with Gasteiger partial charge < -0.3 is 19.4 Å². The second-order valence-electron chi connectivity index (χ2n) is 6.67. The number of nitrogens with zero attached hydrogens (tertiary/aromatic N) is 3. The first kappa shape index (κ1) is 20.4. The number of benzene rings is 2. The summed E-state index contributed by atoms with van der Waals surface area (Å²) in [6, 6.07) is 17.8. The predicted octanol–water partition coefficient (Wildman–Crippen LogP) is 4.57. The fraction of sp³-hybridized carbons (Fsp3) is 0.0909. The fourth-order valence-corrected chi connectivity index (χ4v) is 3.23. The molecule has 8 nitrogen and oxygen atoms in total. The maximum Gasteiger partial charge on any atom is 0.353 e. The zero-order valence-corrected chi connectivity index (χ0v) is 16.9. The highest BCUT2D eigenvalue weighted by molar-refractivity contribution is 6.35. The molecule has 0 radical (unpaired) electrons. The minimum atomic E-state index is -1.08. The van der Waals surface area contributed by atoms with E-state index in [9.17, 15) is 14.7 Å². The molecular formula is C22H17ClN4O4. The molecule has 31 heavy (non-hydrogen) atoms. The molecule has 2 heterocycles. The Balaban J connectivity index is 1.57. The molecule has 0 spiro atoms. The van der Waals surface area contributed by atoms with Crippen LogP contribution in [0, 0.1) is 0 Å². The molecule has 0 saturated carbocycles. The molecule has 0 atom stereocenters. The molecule has 2 aromatic heterocycles. The first-order valence-corrected chi connectivity index (χ1v) is 9.71. The van der Waals surface area contributed by atoms with Gasteiger partial charge in [-0.2, -0.15) is 0 Å². The fourth-order valence-electron chi connectivity index (χ4n) is 3.10. The lowest BCUT2D eigenvalue weighted by Gasteiger charge is -2.07. The predicted molar refractivity (Wildman–Crippen MR) is 114 cm³/mol. The van der Waals surface area contributed by atoms with Crippen LogP contribution in [-0.2, 0) is 22.7 Å². The maximum atomic E-state index is 12.0. The SMILES string of the molecule is O=C(N=Nc1c(O)n(Cc2ccc(Cl)cc2)c2ccccc12)C(=O)NCc1ccco1. The molecule has 0 aliphatic carbocycles. The average Bonchev–Trinajstić information content (AvgIpc) is 3.39. The van der Waals surface area contributed by atoms with E-state index in [1.165, 1.54) is 6.26 Å². The highest BCUT2D eigenvalue weighted by atomic mass is 35.5. The van der Waals surface area contributed by atoms with Gasteiger partial charge in [0.15, 0.2) is 5.69 Å². The van der Waals surface area contributed by atoms with Gasteiger partial charge in [0, 0.05) is 10.4 Å². The molecule has 2 amide bonds. The number of azo groups is 1. The van der Waals surface area contributed by atoms with Crippen molar-refractivity contribution >= 4 is 40.0 Å². The quantitative estimate of drug-likeness (QED) is 0.352. The summed E-state index contributed by atoms with van der Waals surface area (Å²) >= 11 is 5.94. The van der Waals surface area contributed by atoms with E-state index in [1.54, 1.807) is 41.0 Å². The summed E-state index contributed by atoms with van der Waals surface area (Å²) in [4.78, 5) is 24.0. The van der Waals surface area contributed by atoms with Crippen LogP contribution in [0.3, 0.4) is 0 Å². The zero-order chi connectivity index (χ0) is 21.8. The Morgan fingerprint density at radius 3 is 2.58 bits per heavy atom. The van der Waals surface area contributed by atoms with Crippen molar-refractivity contribution in [2.24, 2.45) is 10.2 Å². The summed E-state index contributed by atoms with van der Waals surface area (Å²) in [7, 11) is 0. The normalized spacial score (nSPS) is 11.3. The molecule has 2 aromatic carbocycles. The molecule has 4 rings (SSSR count). The summed E-state index contributed by atoms with van der Waals surface area (Å²) in [5.41, 5.74) is 1.73. The van der Waals surface area contributed by atoms with Gasteiger partial charge in [-0.25, -0.2) is 0 Å². The Morgan fingerprint density at radius 2 is 1.84 bits per heavy atom. The molecular weight excluding hydrogens is 420 g/mol. The Kier molecular flexibility index (Phi) is 5.81. The van der Waals surface area contributed by atoms with Gasteiger partial charge in [-0.1, -0.05) is 41.9 Å². The van der Waals surface area contributed by atoms with Gasteiger partial charge in [0.2, 0.25) is 5.88 Å². The number of fused-ring (bicyclic) bond motifs is 1. The van der Waals surface area contributed by atoms with Crippen molar-refractivity contribution in [2.75, 3.05) is 0 Å². The molecule has 2 N–H and O–H groups in total. The molecule has 0 fully saturated rings. The number of amides is 2. The number of aromatic nitrogens is 1. The Hall–Kier alpha value is -3.91. The number of halogens is 1. The summed E-state index contributed by atoms with van der Waals surface area (Å²) in [5, 5.41) is 21.7. The molecule has 0 unspecified atom stereocenters. The molecule has 0 aliphatic heterocycles. The maximum absolute atomic E-state index is 12.0. The Bertz CT molecular complexity index is 1260. The van der Waals surface area contributed by atoms with Crippen molar-refractivity contribution in [3.63, 3.8) is 0 Å². The van der Waals surface area contributed by atoms with Crippen molar-refractivity contribution in [2.45, 2.75) is 13.1 Å². The van der Waals surface area contributed by atoms with E-state index in [0.29, 0.717) is 28.2 Å². The smallest absolute Gasteiger partial charge is 0.353 e. The highest BCUT2D eigenvalue weighted by Gasteiger charge is 2.18. The Morgan fingerprint density at radius 1 is 1.06 bits per heavy atom. The van der Waals surface area contributed by atoms with E-state index in [0.717, 1.165) is 5.56 Å². The van der Waals surface area contributed by atoms with Crippen molar-refractivity contribution in [1.82, 2.24) is 9.88 Å². The lowest BCUT2D eigenvalue weighted by atomic mass is 10.2. The Labute approximate surface area is 181 Å². The average molecular weight is 437 g/mol. The first-order valence-electron chi connectivity index (χ1n) is 9.34. The van der Waals surface area contributed by atoms with Crippen LogP contribution in [-0.4, -0.2) is 21.5 Å². The van der Waals surface area contributed by atoms with E-state index in [4.69, 9.17) is 16.0 Å². The molecule has 156 valence electrons. The van der Waals surface area contributed by atoms with E-state index in [2.05, 4.69) is 15.5 Å². The van der Waals surface area contributed by atoms with Crippen molar-refractivity contribution in [1.29, 1.82) is 0 Å². The summed E-state index contributed by atoms with van der Waals surface area (Å²) in [6.45, 7) is 0.412. The van der Waals surface area contributed by atoms with Crippen LogP contribution in [0.2, 0.25) is 5.02 Å². The van der Waals surface area contributed by atoms with Crippen LogP contribution in [0.15, 0.2) is 81.6 Å². The van der Waals surface area contributed by atoms with E-state index >= 15 is 0 Å². The number of furan rings is 1. The molecule has 0 saturated heterocycles. The molecule has 4 aromatic rings. The van der Waals surface area contributed by atoms with Crippen LogP contribution < -0.4 is 5.32 Å². The van der Waals surface area contributed by atoms with Gasteiger partial charge in [-0.15, -0.1) is 10.2 Å². The number of hydrogen-bond acceptors (Lipinski definition) is 5. The van der Waals surface area contributed by atoms with Gasteiger partial charge in [0.25, 0.3) is 0 Å². The number of hydrogen-bond donors (Lipinski definition) is 2. The number of para-hydroxylation sites is 1. The van der Waals surface area contributed by atoms with E-state index < -0.39 is 11.8 Å². The molecule has 9 heteroatoms. The van der Waals surface area contributed by atoms with Crippen LogP contribution in [0.4, 0.5) is 5.69 Å². The van der Waals surface area contributed by atoms with Gasteiger partial charge in [-0.3, -0.25) is 9.59 Å². The lowest BCUT2D eigenvalue weighted by Crippen LogP contribution is -2.28. The molecule has 0 aliphatic rings. The van der Waals surface area contributed by atoms with Gasteiger partial charge >= 0.3 is 11.8 Å². The van der Waals surface area contributed by atoms with Crippen LogP contribution in [0.1, 0.15) is 11.3 Å². The van der Waals surface area contributed by atoms with Crippen LogP contribution in [0.25, 0.3) is 10.9 Å². The minimum absolute atomic E-state index is 0.0543. The third-order valence-corrected chi connectivity index (χ3v) is 4.86. The van der Waals surface area contributed by atoms with Gasteiger partial charge in [0.05, 0.1) is 24.9 Å². The number of aromatic hydroxyl groups is 1. The van der Waals surface area contributed by atoms with Gasteiger partial charge in [0.1, 0.15) is 5.76 Å². The topological polar surface area (TPSA) is 109 Å². The summed E-state index contributed by atoms with van der Waals surface area (Å²) in [6.07, 6.45) is 1.46. The largest absolute Gasteiger partial charge is 0.493 e. The second kappa shape index (κ2) is 8.85. The zero-order valence-electron chi connectivity index (χ0n) is 16.2. The third-order valence-electron chi connectivity index (χ3n) is 4.61. The minimum Gasteiger partial charge on any atom is -0.493 e. The number of carbonyl (C=O) groups excluding carboxylic acids is 2. The number of carbonyl (C=O) groups is 2. The summed E-state index contributed by atoms with van der Waals surface area (Å²) in [5.74, 6) is -1.67. The lowest BCUT2D eigenvalue weighted by molar-refractivity contribution is -0.137. The summed E-state index contributed by atoms with van der Waals surface area (Å²) < 4.78 is 6.74. The van der Waals surface area contributed by atoms with E-state index in [-0.39, 0.29) is 18.1 Å².